The fourth-order valence-electron chi connectivity index (χ4n) is 3.82. The Labute approximate surface area is 185 Å². The van der Waals surface area contributed by atoms with E-state index in [1.54, 1.807) is 0 Å². The average molecular weight is 428 g/mol. The number of imidazole rings is 1. The molecule has 4 aromatic carbocycles. The molecular weight excluding hydrogens is 406 g/mol. The lowest BCUT2D eigenvalue weighted by molar-refractivity contribution is 0.302. The van der Waals surface area contributed by atoms with Gasteiger partial charge in [0.1, 0.15) is 18.2 Å². The Balaban J connectivity index is 1.36. The van der Waals surface area contributed by atoms with Crippen molar-refractivity contribution in [1.82, 2.24) is 15.3 Å². The highest BCUT2D eigenvalue weighted by molar-refractivity contribution is 6.30. The molecule has 0 aliphatic rings. The van der Waals surface area contributed by atoms with Crippen molar-refractivity contribution in [2.24, 2.45) is 0 Å². The lowest BCUT2D eigenvalue weighted by atomic mass is 10.0. The number of benzene rings is 4. The van der Waals surface area contributed by atoms with Crippen LogP contribution in [0.2, 0.25) is 5.02 Å². The van der Waals surface area contributed by atoms with Gasteiger partial charge in [-0.2, -0.15) is 0 Å². The summed E-state index contributed by atoms with van der Waals surface area (Å²) in [5.41, 5.74) is 4.21. The van der Waals surface area contributed by atoms with Gasteiger partial charge in [0.25, 0.3) is 0 Å². The highest BCUT2D eigenvalue weighted by Crippen LogP contribution is 2.29. The number of rotatable bonds is 7. The molecule has 0 unspecified atom stereocenters. The quantitative estimate of drug-likeness (QED) is 0.323. The minimum Gasteiger partial charge on any atom is -0.489 e. The van der Waals surface area contributed by atoms with Gasteiger partial charge < -0.3 is 15.0 Å². The molecule has 0 aliphatic heterocycles. The van der Waals surface area contributed by atoms with Crippen molar-refractivity contribution in [2.45, 2.75) is 19.7 Å². The van der Waals surface area contributed by atoms with Crippen molar-refractivity contribution >= 4 is 33.4 Å². The standard InChI is InChI=1S/C26H22ClN3O/c27-20-8-5-6-18(14-20)17-31-25-13-12-19-7-1-2-9-21(19)22(25)15-28-16-26-29-23-10-3-4-11-24(23)30-26/h1-14,28H,15-17H2,(H,29,30). The minimum absolute atomic E-state index is 0.468. The predicted molar refractivity (Wildman–Crippen MR) is 126 cm³/mol. The maximum atomic E-state index is 6.22. The molecule has 2 N–H and O–H groups in total. The molecule has 0 amide bonds. The molecule has 4 nitrogen and oxygen atoms in total. The summed E-state index contributed by atoms with van der Waals surface area (Å²) < 4.78 is 6.22. The predicted octanol–water partition coefficient (Wildman–Crippen LogP) is 6.24. The molecule has 0 fully saturated rings. The summed E-state index contributed by atoms with van der Waals surface area (Å²) in [5, 5.41) is 6.62. The van der Waals surface area contributed by atoms with Crippen LogP contribution in [-0.4, -0.2) is 9.97 Å². The summed E-state index contributed by atoms with van der Waals surface area (Å²) >= 11 is 6.12. The average Bonchev–Trinajstić information content (AvgIpc) is 3.21. The van der Waals surface area contributed by atoms with Crippen molar-refractivity contribution in [1.29, 1.82) is 0 Å². The van der Waals surface area contributed by atoms with Crippen LogP contribution in [-0.2, 0) is 19.7 Å². The van der Waals surface area contributed by atoms with Crippen LogP contribution in [0, 0.1) is 0 Å². The first kappa shape index (κ1) is 19.6. The zero-order valence-electron chi connectivity index (χ0n) is 16.9. The van der Waals surface area contributed by atoms with E-state index in [-0.39, 0.29) is 0 Å². The van der Waals surface area contributed by atoms with Crippen LogP contribution in [0.15, 0.2) is 84.9 Å². The third kappa shape index (κ3) is 4.41. The second-order valence-electron chi connectivity index (χ2n) is 7.49. The zero-order valence-corrected chi connectivity index (χ0v) is 17.7. The molecule has 0 aliphatic carbocycles. The van der Waals surface area contributed by atoms with Gasteiger partial charge in [0, 0.05) is 17.1 Å². The maximum absolute atomic E-state index is 6.22. The number of hydrogen-bond donors (Lipinski definition) is 2. The number of H-pyrrole nitrogens is 1. The van der Waals surface area contributed by atoms with Crippen LogP contribution in [0.4, 0.5) is 0 Å². The van der Waals surface area contributed by atoms with E-state index in [0.717, 1.165) is 33.7 Å². The summed E-state index contributed by atoms with van der Waals surface area (Å²) in [6.45, 7) is 1.78. The molecule has 1 aromatic heterocycles. The van der Waals surface area contributed by atoms with E-state index >= 15 is 0 Å². The van der Waals surface area contributed by atoms with E-state index in [2.05, 4.69) is 45.6 Å². The molecule has 5 aromatic rings. The van der Waals surface area contributed by atoms with Gasteiger partial charge in [0.05, 0.1) is 17.6 Å². The molecule has 0 spiro atoms. The van der Waals surface area contributed by atoms with Gasteiger partial charge in [-0.1, -0.05) is 66.2 Å². The van der Waals surface area contributed by atoms with Gasteiger partial charge in [-0.3, -0.25) is 0 Å². The van der Waals surface area contributed by atoms with E-state index in [1.807, 2.05) is 54.6 Å². The van der Waals surface area contributed by atoms with Gasteiger partial charge in [0.15, 0.2) is 0 Å². The first-order chi connectivity index (χ1) is 15.3. The first-order valence-electron chi connectivity index (χ1n) is 10.3. The van der Waals surface area contributed by atoms with E-state index in [9.17, 15) is 0 Å². The summed E-state index contributed by atoms with van der Waals surface area (Å²) in [6.07, 6.45) is 0. The molecule has 5 rings (SSSR count). The third-order valence-electron chi connectivity index (χ3n) is 5.31. The molecule has 0 atom stereocenters. The van der Waals surface area contributed by atoms with Gasteiger partial charge in [-0.25, -0.2) is 4.98 Å². The number of aromatic amines is 1. The Kier molecular flexibility index (Phi) is 5.57. The SMILES string of the molecule is Clc1cccc(COc2ccc3ccccc3c2CNCc2nc3ccccc3[nH]2)c1. The van der Waals surface area contributed by atoms with Crippen LogP contribution < -0.4 is 10.1 Å². The van der Waals surface area contributed by atoms with Gasteiger partial charge >= 0.3 is 0 Å². The zero-order chi connectivity index (χ0) is 21.0. The Hall–Kier alpha value is -3.34. The largest absolute Gasteiger partial charge is 0.489 e. The normalized spacial score (nSPS) is 11.3. The summed E-state index contributed by atoms with van der Waals surface area (Å²) in [5.74, 6) is 1.79. The van der Waals surface area contributed by atoms with Crippen molar-refractivity contribution in [3.63, 3.8) is 0 Å². The smallest absolute Gasteiger partial charge is 0.124 e. The number of halogens is 1. The monoisotopic (exact) mass is 427 g/mol. The van der Waals surface area contributed by atoms with Crippen molar-refractivity contribution in [3.05, 3.63) is 107 Å². The van der Waals surface area contributed by atoms with Crippen LogP contribution in [0.25, 0.3) is 21.8 Å². The first-order valence-corrected chi connectivity index (χ1v) is 10.7. The van der Waals surface area contributed by atoms with Crippen LogP contribution in [0.3, 0.4) is 0 Å². The molecule has 1 heterocycles. The minimum atomic E-state index is 0.468. The fraction of sp³-hybridized carbons (Fsp3) is 0.115. The van der Waals surface area contributed by atoms with Crippen molar-refractivity contribution in [2.75, 3.05) is 0 Å². The second-order valence-corrected chi connectivity index (χ2v) is 7.92. The number of fused-ring (bicyclic) bond motifs is 2. The lowest BCUT2D eigenvalue weighted by Gasteiger charge is -2.15. The summed E-state index contributed by atoms with van der Waals surface area (Å²) in [6, 6.07) is 28.4. The van der Waals surface area contributed by atoms with Crippen LogP contribution in [0.5, 0.6) is 5.75 Å². The molecule has 5 heteroatoms. The van der Waals surface area contributed by atoms with Gasteiger partial charge in [-0.15, -0.1) is 0 Å². The Morgan fingerprint density at radius 3 is 2.65 bits per heavy atom. The Bertz CT molecular complexity index is 1310. The van der Waals surface area contributed by atoms with Crippen LogP contribution >= 0.6 is 11.6 Å². The van der Waals surface area contributed by atoms with Gasteiger partial charge in [0.2, 0.25) is 0 Å². The topological polar surface area (TPSA) is 49.9 Å². The molecule has 0 bridgehead atoms. The second kappa shape index (κ2) is 8.80. The molecule has 0 saturated heterocycles. The lowest BCUT2D eigenvalue weighted by Crippen LogP contribution is -2.15. The molecule has 0 saturated carbocycles. The van der Waals surface area contributed by atoms with Gasteiger partial charge in [-0.05, 0) is 46.7 Å². The number of nitrogens with zero attached hydrogens (tertiary/aromatic N) is 1. The van der Waals surface area contributed by atoms with E-state index < -0.39 is 0 Å². The van der Waals surface area contributed by atoms with E-state index in [4.69, 9.17) is 16.3 Å². The highest BCUT2D eigenvalue weighted by Gasteiger charge is 2.10. The number of para-hydroxylation sites is 2. The Morgan fingerprint density at radius 2 is 1.74 bits per heavy atom. The summed E-state index contributed by atoms with van der Waals surface area (Å²) in [4.78, 5) is 8.02. The highest BCUT2D eigenvalue weighted by atomic mass is 35.5. The van der Waals surface area contributed by atoms with Crippen molar-refractivity contribution in [3.8, 4) is 5.75 Å². The molecular formula is C26H22ClN3O. The number of hydrogen-bond acceptors (Lipinski definition) is 3. The van der Waals surface area contributed by atoms with Crippen LogP contribution in [0.1, 0.15) is 17.0 Å². The Morgan fingerprint density at radius 1 is 0.871 bits per heavy atom. The third-order valence-corrected chi connectivity index (χ3v) is 5.55. The summed E-state index contributed by atoms with van der Waals surface area (Å²) in [7, 11) is 0. The number of aromatic nitrogens is 2. The number of nitrogens with one attached hydrogen (secondary N) is 2. The number of ether oxygens (including phenoxy) is 1. The van der Waals surface area contributed by atoms with Crippen molar-refractivity contribution < 1.29 is 4.74 Å². The molecule has 0 radical (unpaired) electrons. The molecule has 31 heavy (non-hydrogen) atoms. The molecule has 154 valence electrons. The fourth-order valence-corrected chi connectivity index (χ4v) is 4.03. The van der Waals surface area contributed by atoms with E-state index in [1.165, 1.54) is 10.8 Å². The maximum Gasteiger partial charge on any atom is 0.124 e. The van der Waals surface area contributed by atoms with E-state index in [0.29, 0.717) is 24.7 Å².